The predicted molar refractivity (Wildman–Crippen MR) is 65.7 cm³/mol. The van der Waals surface area contributed by atoms with E-state index in [1.165, 1.54) is 4.57 Å². The van der Waals surface area contributed by atoms with Crippen LogP contribution < -0.4 is 11.1 Å². The van der Waals surface area contributed by atoms with Gasteiger partial charge in [-0.3, -0.25) is 9.36 Å². The first-order chi connectivity index (χ1) is 8.63. The second-order valence-corrected chi connectivity index (χ2v) is 3.86. The molecule has 2 rings (SSSR count). The molecule has 1 aromatic heterocycles. The van der Waals surface area contributed by atoms with Gasteiger partial charge in [-0.2, -0.15) is 0 Å². The number of methoxy groups -OCH3 is 1. The third-order valence-corrected chi connectivity index (χ3v) is 2.65. The van der Waals surface area contributed by atoms with Crippen molar-refractivity contribution < 1.29 is 13.9 Å². The summed E-state index contributed by atoms with van der Waals surface area (Å²) < 4.78 is 11.2. The van der Waals surface area contributed by atoms with Crippen molar-refractivity contribution >= 4 is 17.0 Å². The molecule has 0 atom stereocenters. The molecule has 0 radical (unpaired) electrons. The normalized spacial score (nSPS) is 10.8. The molecule has 1 aromatic carbocycles. The number of aromatic nitrogens is 1. The van der Waals surface area contributed by atoms with E-state index in [-0.39, 0.29) is 5.91 Å². The highest BCUT2D eigenvalue weighted by Gasteiger charge is 2.10. The summed E-state index contributed by atoms with van der Waals surface area (Å²) >= 11 is 0. The average Bonchev–Trinajstić information content (AvgIpc) is 2.65. The monoisotopic (exact) mass is 250 g/mol. The number of carbonyl (C=O) groups is 1. The van der Waals surface area contributed by atoms with E-state index in [2.05, 4.69) is 5.32 Å². The first-order valence-corrected chi connectivity index (χ1v) is 5.50. The van der Waals surface area contributed by atoms with Gasteiger partial charge in [-0.25, -0.2) is 4.79 Å². The number of amides is 1. The molecular formula is C12H14N2O4. The summed E-state index contributed by atoms with van der Waals surface area (Å²) in [5.74, 6) is -0.649. The van der Waals surface area contributed by atoms with Gasteiger partial charge in [-0.05, 0) is 18.2 Å². The topological polar surface area (TPSA) is 73.5 Å². The summed E-state index contributed by atoms with van der Waals surface area (Å²) in [5.41, 5.74) is 1.55. The van der Waals surface area contributed by atoms with Crippen LogP contribution in [0.25, 0.3) is 11.1 Å². The second-order valence-electron chi connectivity index (χ2n) is 3.86. The second kappa shape index (κ2) is 5.05. The van der Waals surface area contributed by atoms with E-state index in [1.807, 2.05) is 0 Å². The highest BCUT2D eigenvalue weighted by molar-refractivity contribution is 5.97. The molecule has 96 valence electrons. The molecule has 0 aliphatic carbocycles. The number of nitrogens with zero attached hydrogens (tertiary/aromatic N) is 1. The fourth-order valence-corrected chi connectivity index (χ4v) is 1.64. The Morgan fingerprint density at radius 1 is 1.50 bits per heavy atom. The van der Waals surface area contributed by atoms with Crippen LogP contribution >= 0.6 is 0 Å². The van der Waals surface area contributed by atoms with Gasteiger partial charge in [0, 0.05) is 26.3 Å². The van der Waals surface area contributed by atoms with Crippen molar-refractivity contribution in [1.29, 1.82) is 0 Å². The minimum atomic E-state index is -0.443. The first-order valence-electron chi connectivity index (χ1n) is 5.50. The van der Waals surface area contributed by atoms with Crippen molar-refractivity contribution in [3.63, 3.8) is 0 Å². The number of ether oxygens (including phenoxy) is 1. The van der Waals surface area contributed by atoms with Gasteiger partial charge in [0.05, 0.1) is 12.1 Å². The number of carbonyl (C=O) groups excluding carboxylic acids is 1. The third-order valence-electron chi connectivity index (χ3n) is 2.65. The number of hydrogen-bond acceptors (Lipinski definition) is 4. The molecule has 0 spiro atoms. The summed E-state index contributed by atoms with van der Waals surface area (Å²) in [6, 6.07) is 4.86. The predicted octanol–water partition coefficient (Wildman–Crippen LogP) is 0.508. The van der Waals surface area contributed by atoms with Crippen LogP contribution in [0.3, 0.4) is 0 Å². The Morgan fingerprint density at radius 3 is 3.00 bits per heavy atom. The maximum absolute atomic E-state index is 11.8. The molecule has 0 saturated carbocycles. The van der Waals surface area contributed by atoms with Gasteiger partial charge in [0.2, 0.25) is 0 Å². The lowest BCUT2D eigenvalue weighted by atomic mass is 10.2. The number of nitrogens with one attached hydrogen (secondary N) is 1. The van der Waals surface area contributed by atoms with Crippen LogP contribution in [0, 0.1) is 0 Å². The lowest BCUT2D eigenvalue weighted by Gasteiger charge is -2.04. The number of benzene rings is 1. The minimum Gasteiger partial charge on any atom is -0.408 e. The van der Waals surface area contributed by atoms with Gasteiger partial charge in [0.25, 0.3) is 5.91 Å². The summed E-state index contributed by atoms with van der Waals surface area (Å²) in [6.45, 7) is 0.899. The zero-order valence-corrected chi connectivity index (χ0v) is 10.2. The number of aryl methyl sites for hydroxylation is 1. The summed E-state index contributed by atoms with van der Waals surface area (Å²) in [7, 11) is 3.17. The highest BCUT2D eigenvalue weighted by Crippen LogP contribution is 2.14. The Labute approximate surface area is 103 Å². The van der Waals surface area contributed by atoms with E-state index >= 15 is 0 Å². The number of hydrogen-bond donors (Lipinski definition) is 1. The largest absolute Gasteiger partial charge is 0.419 e. The smallest absolute Gasteiger partial charge is 0.408 e. The van der Waals surface area contributed by atoms with Gasteiger partial charge in [-0.15, -0.1) is 0 Å². The molecule has 1 heterocycles. The van der Waals surface area contributed by atoms with Crippen molar-refractivity contribution in [2.24, 2.45) is 7.05 Å². The molecule has 0 aliphatic heterocycles. The van der Waals surface area contributed by atoms with E-state index in [9.17, 15) is 9.59 Å². The van der Waals surface area contributed by atoms with Gasteiger partial charge >= 0.3 is 5.76 Å². The van der Waals surface area contributed by atoms with Crippen LogP contribution in [0.15, 0.2) is 27.4 Å². The van der Waals surface area contributed by atoms with Gasteiger partial charge < -0.3 is 14.5 Å². The molecule has 6 heteroatoms. The van der Waals surface area contributed by atoms with Crippen LogP contribution in [0.1, 0.15) is 10.4 Å². The van der Waals surface area contributed by atoms with Crippen molar-refractivity contribution in [2.75, 3.05) is 20.3 Å². The summed E-state index contributed by atoms with van der Waals surface area (Å²) in [6.07, 6.45) is 0. The van der Waals surface area contributed by atoms with Crippen molar-refractivity contribution in [3.05, 3.63) is 34.3 Å². The van der Waals surface area contributed by atoms with Crippen molar-refractivity contribution in [2.45, 2.75) is 0 Å². The van der Waals surface area contributed by atoms with E-state index < -0.39 is 5.76 Å². The molecule has 2 aromatic rings. The summed E-state index contributed by atoms with van der Waals surface area (Å²) in [5, 5.41) is 2.71. The molecular weight excluding hydrogens is 236 g/mol. The van der Waals surface area contributed by atoms with Crippen LogP contribution in [0.2, 0.25) is 0 Å². The SMILES string of the molecule is COCCNC(=O)c1ccc2oc(=O)n(C)c2c1. The number of fused-ring (bicyclic) bond motifs is 1. The quantitative estimate of drug-likeness (QED) is 0.802. The van der Waals surface area contributed by atoms with Crippen LogP contribution in [0.5, 0.6) is 0 Å². The third kappa shape index (κ3) is 2.28. The molecule has 6 nitrogen and oxygen atoms in total. The van der Waals surface area contributed by atoms with Crippen LogP contribution in [0.4, 0.5) is 0 Å². The molecule has 1 amide bonds. The number of oxazole rings is 1. The van der Waals surface area contributed by atoms with E-state index in [1.54, 1.807) is 32.4 Å². The average molecular weight is 250 g/mol. The molecule has 1 N–H and O–H groups in total. The van der Waals surface area contributed by atoms with E-state index in [4.69, 9.17) is 9.15 Å². The molecule has 0 bridgehead atoms. The zero-order chi connectivity index (χ0) is 13.1. The standard InChI is InChI=1S/C12H14N2O4/c1-14-9-7-8(11(15)13-5-6-17-2)3-4-10(9)18-12(14)16/h3-4,7H,5-6H2,1-2H3,(H,13,15). The van der Waals surface area contributed by atoms with Gasteiger partial charge in [0.15, 0.2) is 5.58 Å². The van der Waals surface area contributed by atoms with Crippen LogP contribution in [-0.4, -0.2) is 30.7 Å². The maximum Gasteiger partial charge on any atom is 0.419 e. The zero-order valence-electron chi connectivity index (χ0n) is 10.2. The highest BCUT2D eigenvalue weighted by atomic mass is 16.5. The first kappa shape index (κ1) is 12.4. The Bertz CT molecular complexity index is 627. The lowest BCUT2D eigenvalue weighted by molar-refractivity contribution is 0.0937. The van der Waals surface area contributed by atoms with Crippen molar-refractivity contribution in [1.82, 2.24) is 9.88 Å². The summed E-state index contributed by atoms with van der Waals surface area (Å²) in [4.78, 5) is 23.1. The fourth-order valence-electron chi connectivity index (χ4n) is 1.64. The molecule has 18 heavy (non-hydrogen) atoms. The fraction of sp³-hybridized carbons (Fsp3) is 0.333. The maximum atomic E-state index is 11.8. The molecule has 0 saturated heterocycles. The molecule has 0 unspecified atom stereocenters. The Morgan fingerprint density at radius 2 is 2.28 bits per heavy atom. The Balaban J connectivity index is 2.26. The van der Waals surface area contributed by atoms with Gasteiger partial charge in [-0.1, -0.05) is 0 Å². The van der Waals surface area contributed by atoms with Gasteiger partial charge in [0.1, 0.15) is 0 Å². The van der Waals surface area contributed by atoms with Crippen molar-refractivity contribution in [3.8, 4) is 0 Å². The minimum absolute atomic E-state index is 0.206. The lowest BCUT2D eigenvalue weighted by Crippen LogP contribution is -2.26. The number of rotatable bonds is 4. The molecule has 0 aliphatic rings. The van der Waals surface area contributed by atoms with Crippen LogP contribution in [-0.2, 0) is 11.8 Å². The Hall–Kier alpha value is -2.08. The van der Waals surface area contributed by atoms with E-state index in [0.29, 0.717) is 29.8 Å². The van der Waals surface area contributed by atoms with E-state index in [0.717, 1.165) is 0 Å². The Kier molecular flexibility index (Phi) is 3.47. The molecule has 0 fully saturated rings.